The van der Waals surface area contributed by atoms with E-state index < -0.39 is 18.1 Å². The van der Waals surface area contributed by atoms with E-state index in [1.807, 2.05) is 50.2 Å². The average molecular weight is 532 g/mol. The van der Waals surface area contributed by atoms with Crippen molar-refractivity contribution in [3.8, 4) is 11.3 Å². The Morgan fingerprint density at radius 1 is 1.16 bits per heavy atom. The molecule has 31 heavy (non-hydrogen) atoms. The molecule has 2 N–H and O–H groups in total. The van der Waals surface area contributed by atoms with Crippen molar-refractivity contribution in [2.24, 2.45) is 0 Å². The smallest absolute Gasteiger partial charge is 0.325 e. The van der Waals surface area contributed by atoms with E-state index in [1.54, 1.807) is 13.0 Å². The number of hydrogen-bond donors (Lipinski definition) is 2. The Bertz CT molecular complexity index is 1150. The summed E-state index contributed by atoms with van der Waals surface area (Å²) in [4.78, 5) is 34.7. The zero-order valence-electron chi connectivity index (χ0n) is 17.3. The molecule has 0 saturated carbocycles. The minimum Gasteiger partial charge on any atom is -0.344 e. The van der Waals surface area contributed by atoms with Crippen LogP contribution in [0.2, 0.25) is 0 Å². The minimum absolute atomic E-state index is 0.235. The second kappa shape index (κ2) is 8.41. The number of urea groups is 1. The molecule has 160 valence electrons. The molecule has 3 atom stereocenters. The topological polar surface area (TPSA) is 78.1 Å². The number of carbonyl (C=O) groups is 2. The quantitative estimate of drug-likeness (QED) is 0.362. The number of hydrogen-bond acceptors (Lipinski definition) is 3. The Balaban J connectivity index is 1.83. The number of imidazole rings is 1. The van der Waals surface area contributed by atoms with E-state index in [2.05, 4.69) is 37.9 Å². The van der Waals surface area contributed by atoms with E-state index >= 15 is 0 Å². The average Bonchev–Trinajstić information content (AvgIpc) is 3.23. The molecule has 8 heteroatoms. The molecule has 1 fully saturated rings. The highest BCUT2D eigenvalue weighted by atomic mass is 127. The van der Waals surface area contributed by atoms with Crippen molar-refractivity contribution in [1.82, 2.24) is 20.2 Å². The summed E-state index contributed by atoms with van der Waals surface area (Å²) in [5.41, 5.74) is 2.47. The predicted molar refractivity (Wildman–Crippen MR) is 124 cm³/mol. The number of amides is 3. The van der Waals surface area contributed by atoms with Gasteiger partial charge in [-0.05, 0) is 60.2 Å². The first-order valence-electron chi connectivity index (χ1n) is 9.98. The summed E-state index contributed by atoms with van der Waals surface area (Å²) in [6, 6.07) is 12.9. The van der Waals surface area contributed by atoms with Gasteiger partial charge >= 0.3 is 6.03 Å². The molecular weight excluding hydrogens is 510 g/mol. The van der Waals surface area contributed by atoms with Crippen LogP contribution in [0.15, 0.2) is 48.5 Å². The van der Waals surface area contributed by atoms with Crippen LogP contribution in [0.5, 0.6) is 0 Å². The second-order valence-corrected chi connectivity index (χ2v) is 8.99. The molecule has 1 saturated heterocycles. The first-order valence-corrected chi connectivity index (χ1v) is 11.1. The van der Waals surface area contributed by atoms with Gasteiger partial charge in [-0.2, -0.15) is 0 Å². The molecule has 0 spiro atoms. The van der Waals surface area contributed by atoms with Crippen molar-refractivity contribution < 1.29 is 14.0 Å². The minimum atomic E-state index is -0.667. The lowest BCUT2D eigenvalue weighted by Crippen LogP contribution is -2.38. The van der Waals surface area contributed by atoms with E-state index in [0.717, 1.165) is 9.13 Å². The molecule has 1 aliphatic rings. The fourth-order valence-electron chi connectivity index (χ4n) is 3.98. The van der Waals surface area contributed by atoms with Crippen molar-refractivity contribution in [3.63, 3.8) is 0 Å². The lowest BCUT2D eigenvalue weighted by Gasteiger charge is -2.29. The molecule has 0 radical (unpaired) electrons. The Kier molecular flexibility index (Phi) is 5.83. The van der Waals surface area contributed by atoms with Gasteiger partial charge in [0, 0.05) is 20.7 Å². The van der Waals surface area contributed by atoms with Gasteiger partial charge in [0.2, 0.25) is 0 Å². The summed E-state index contributed by atoms with van der Waals surface area (Å²) in [6.45, 7) is 5.42. The summed E-state index contributed by atoms with van der Waals surface area (Å²) >= 11 is 2.06. The maximum Gasteiger partial charge on any atom is 0.325 e. The maximum absolute atomic E-state index is 14.6. The third kappa shape index (κ3) is 3.96. The Labute approximate surface area is 193 Å². The molecule has 6 nitrogen and oxygen atoms in total. The van der Waals surface area contributed by atoms with Crippen molar-refractivity contribution >= 4 is 34.5 Å². The van der Waals surface area contributed by atoms with Gasteiger partial charge in [0.05, 0.1) is 5.69 Å². The van der Waals surface area contributed by atoms with E-state index in [1.165, 1.54) is 11.0 Å². The summed E-state index contributed by atoms with van der Waals surface area (Å²) in [6.07, 6.45) is 0. The van der Waals surface area contributed by atoms with Crippen LogP contribution in [0.4, 0.5) is 9.18 Å². The number of halogens is 2. The number of nitrogens with zero attached hydrogens (tertiary/aromatic N) is 2. The van der Waals surface area contributed by atoms with E-state index in [4.69, 9.17) is 0 Å². The summed E-state index contributed by atoms with van der Waals surface area (Å²) in [5.74, 6) is -0.473. The lowest BCUT2D eigenvalue weighted by molar-refractivity contribution is -0.129. The maximum atomic E-state index is 14.6. The monoisotopic (exact) mass is 532 g/mol. The van der Waals surface area contributed by atoms with Gasteiger partial charge < -0.3 is 10.3 Å². The highest BCUT2D eigenvalue weighted by Gasteiger charge is 2.44. The summed E-state index contributed by atoms with van der Waals surface area (Å²) in [7, 11) is 0. The molecule has 2 aromatic carbocycles. The van der Waals surface area contributed by atoms with Gasteiger partial charge in [-0.15, -0.1) is 0 Å². The van der Waals surface area contributed by atoms with E-state index in [-0.39, 0.29) is 17.6 Å². The predicted octanol–water partition coefficient (Wildman–Crippen LogP) is 4.91. The van der Waals surface area contributed by atoms with E-state index in [9.17, 15) is 14.0 Å². The Morgan fingerprint density at radius 3 is 2.48 bits per heavy atom. The zero-order valence-corrected chi connectivity index (χ0v) is 19.5. The van der Waals surface area contributed by atoms with Crippen molar-refractivity contribution in [2.45, 2.75) is 38.8 Å². The molecule has 3 aromatic rings. The van der Waals surface area contributed by atoms with Crippen LogP contribution in [-0.2, 0) is 4.79 Å². The van der Waals surface area contributed by atoms with Gasteiger partial charge in [0.1, 0.15) is 23.7 Å². The highest BCUT2D eigenvalue weighted by molar-refractivity contribution is 14.1. The van der Waals surface area contributed by atoms with Gasteiger partial charge in [-0.3, -0.25) is 9.69 Å². The molecule has 0 unspecified atom stereocenters. The van der Waals surface area contributed by atoms with Gasteiger partial charge in [-0.25, -0.2) is 14.2 Å². The van der Waals surface area contributed by atoms with Crippen molar-refractivity contribution in [3.05, 3.63) is 75.0 Å². The van der Waals surface area contributed by atoms with Crippen LogP contribution >= 0.6 is 22.6 Å². The largest absolute Gasteiger partial charge is 0.344 e. The molecule has 2 heterocycles. The number of H-pyrrole nitrogens is 1. The number of imide groups is 1. The molecule has 1 aromatic heterocycles. The van der Waals surface area contributed by atoms with Gasteiger partial charge in [0.25, 0.3) is 5.91 Å². The van der Waals surface area contributed by atoms with Crippen LogP contribution in [0, 0.1) is 16.3 Å². The third-order valence-corrected chi connectivity index (χ3v) is 6.28. The molecule has 0 aliphatic carbocycles. The first kappa shape index (κ1) is 21.5. The van der Waals surface area contributed by atoms with Crippen molar-refractivity contribution in [2.75, 3.05) is 0 Å². The molecule has 4 rings (SSSR count). The number of carbonyl (C=O) groups excluding carboxylic acids is 2. The molecule has 3 amide bonds. The van der Waals surface area contributed by atoms with Gasteiger partial charge in [0.15, 0.2) is 0 Å². The number of aryl methyl sites for hydroxylation is 1. The van der Waals surface area contributed by atoms with Crippen LogP contribution < -0.4 is 5.32 Å². The lowest BCUT2D eigenvalue weighted by atomic mass is 9.91. The fraction of sp³-hybridized carbons (Fsp3) is 0.261. The van der Waals surface area contributed by atoms with Gasteiger partial charge in [-0.1, -0.05) is 37.3 Å². The van der Waals surface area contributed by atoms with Crippen LogP contribution in [0.25, 0.3) is 11.3 Å². The first-order chi connectivity index (χ1) is 14.8. The number of aromatic amines is 1. The number of nitrogens with one attached hydrogen (secondary N) is 2. The van der Waals surface area contributed by atoms with Crippen molar-refractivity contribution in [1.29, 1.82) is 0 Å². The molecule has 0 bridgehead atoms. The fourth-order valence-corrected chi connectivity index (χ4v) is 4.43. The Morgan fingerprint density at radius 2 is 1.87 bits per heavy atom. The number of rotatable bonds is 5. The normalized spacial score (nSPS) is 18.2. The molecular formula is C23H22FIN4O2. The van der Waals surface area contributed by atoms with Crippen LogP contribution in [0.1, 0.15) is 42.9 Å². The highest BCUT2D eigenvalue weighted by Crippen LogP contribution is 2.38. The molecule has 1 aliphatic heterocycles. The van der Waals surface area contributed by atoms with Crippen LogP contribution in [0.3, 0.4) is 0 Å². The SMILES string of the molecule is Cc1[nH]c([C@H]([C@@H](C)c2ccccc2)N2C(=O)N[C@H](C)C2=O)nc1-c1ccc(I)cc1F. The summed E-state index contributed by atoms with van der Waals surface area (Å²) < 4.78 is 15.4. The number of benzene rings is 2. The van der Waals surface area contributed by atoms with E-state index in [0.29, 0.717) is 22.8 Å². The standard InChI is InChI=1S/C23H22FIN4O2/c1-12(15-7-5-4-6-8-15)20(29-22(30)14(3)27-23(29)31)21-26-13(2)19(28-21)17-10-9-16(25)11-18(17)24/h4-12,14,20H,1-3H3,(H,26,28)(H,27,31)/t12-,14+,20-/m0/s1. The number of aromatic nitrogens is 2. The summed E-state index contributed by atoms with van der Waals surface area (Å²) in [5, 5.41) is 2.68. The zero-order chi connectivity index (χ0) is 22.3. The van der Waals surface area contributed by atoms with Crippen LogP contribution in [-0.4, -0.2) is 32.8 Å². The Hall–Kier alpha value is -2.75. The third-order valence-electron chi connectivity index (χ3n) is 5.61. The second-order valence-electron chi connectivity index (χ2n) is 7.74.